The minimum absolute atomic E-state index is 0.338. The van der Waals surface area contributed by atoms with Crippen molar-refractivity contribution < 1.29 is 9.53 Å². The second kappa shape index (κ2) is 4.54. The predicted molar refractivity (Wildman–Crippen MR) is 51.4 cm³/mol. The van der Waals surface area contributed by atoms with Crippen LogP contribution in [0.5, 0.6) is 0 Å². The number of carbonyl (C=O) groups excluding carboxylic acids is 1. The van der Waals surface area contributed by atoms with E-state index < -0.39 is 5.97 Å². The molecule has 13 heavy (non-hydrogen) atoms. The van der Waals surface area contributed by atoms with Gasteiger partial charge in [-0.2, -0.15) is 4.99 Å². The first-order chi connectivity index (χ1) is 6.29. The molecule has 0 radical (unpaired) electrons. The van der Waals surface area contributed by atoms with Crippen molar-refractivity contribution in [2.45, 2.75) is 6.92 Å². The first-order valence-corrected chi connectivity index (χ1v) is 4.12. The van der Waals surface area contributed by atoms with Gasteiger partial charge in [-0.15, -0.1) is 0 Å². The Morgan fingerprint density at radius 1 is 1.85 bits per heavy atom. The Kier molecular flexibility index (Phi) is 3.37. The molecule has 1 heterocycles. The van der Waals surface area contributed by atoms with Gasteiger partial charge in [-0.05, 0) is 25.2 Å². The Hall–Kier alpha value is -1.45. The van der Waals surface area contributed by atoms with Gasteiger partial charge in [0.05, 0.1) is 11.8 Å². The summed E-state index contributed by atoms with van der Waals surface area (Å²) in [5.41, 5.74) is 0.374. The maximum absolute atomic E-state index is 11.2. The summed E-state index contributed by atoms with van der Waals surface area (Å²) in [5.74, 6) is -0.0267. The number of aromatic nitrogens is 1. The number of rotatable bonds is 3. The highest BCUT2D eigenvalue weighted by molar-refractivity contribution is 7.78. The summed E-state index contributed by atoms with van der Waals surface area (Å²) >= 11 is 4.42. The van der Waals surface area contributed by atoms with Crippen LogP contribution in [0.3, 0.4) is 0 Å². The Labute approximate surface area is 80.6 Å². The zero-order chi connectivity index (χ0) is 9.68. The smallest absolute Gasteiger partial charge is 0.341 e. The fourth-order valence-electron chi connectivity index (χ4n) is 0.872. The van der Waals surface area contributed by atoms with Gasteiger partial charge in [-0.25, -0.2) is 4.79 Å². The molecule has 1 aromatic rings. The first kappa shape index (κ1) is 9.64. The molecule has 5 heteroatoms. The quantitative estimate of drug-likeness (QED) is 0.456. The molecule has 0 fully saturated rings. The van der Waals surface area contributed by atoms with Gasteiger partial charge in [0.25, 0.3) is 0 Å². The van der Waals surface area contributed by atoms with Crippen molar-refractivity contribution in [1.82, 2.24) is 4.98 Å². The summed E-state index contributed by atoms with van der Waals surface area (Å²) in [4.78, 5) is 17.7. The molecule has 4 nitrogen and oxygen atoms in total. The molecule has 0 aliphatic heterocycles. The molecule has 0 aliphatic carbocycles. The largest absolute Gasteiger partial charge is 0.462 e. The van der Waals surface area contributed by atoms with Gasteiger partial charge in [0.2, 0.25) is 0 Å². The van der Waals surface area contributed by atoms with Crippen molar-refractivity contribution in [3.8, 4) is 0 Å². The molecular weight excluding hydrogens is 188 g/mol. The van der Waals surface area contributed by atoms with E-state index in [1.165, 1.54) is 0 Å². The van der Waals surface area contributed by atoms with Crippen molar-refractivity contribution in [3.05, 3.63) is 17.8 Å². The number of thiocarbonyl (C=S) groups is 1. The lowest BCUT2D eigenvalue weighted by atomic mass is 10.3. The summed E-state index contributed by atoms with van der Waals surface area (Å²) < 4.78 is 4.79. The van der Waals surface area contributed by atoms with Crippen LogP contribution < -0.4 is 0 Å². The van der Waals surface area contributed by atoms with Crippen molar-refractivity contribution in [2.75, 3.05) is 6.61 Å². The molecule has 0 aromatic carbocycles. The number of isothiocyanates is 1. The SMILES string of the molecule is CCOC(=O)c1cc[nH]c1N=C=S. The van der Waals surface area contributed by atoms with Crippen LogP contribution in [0.2, 0.25) is 0 Å². The van der Waals surface area contributed by atoms with Crippen LogP contribution in [-0.2, 0) is 4.74 Å². The van der Waals surface area contributed by atoms with Crippen LogP contribution in [0, 0.1) is 0 Å². The van der Waals surface area contributed by atoms with E-state index in [4.69, 9.17) is 4.74 Å². The minimum Gasteiger partial charge on any atom is -0.462 e. The van der Waals surface area contributed by atoms with Gasteiger partial charge in [-0.1, -0.05) is 0 Å². The number of hydrogen-bond acceptors (Lipinski definition) is 4. The lowest BCUT2D eigenvalue weighted by Gasteiger charge is -1.98. The van der Waals surface area contributed by atoms with Gasteiger partial charge in [0.15, 0.2) is 5.82 Å². The van der Waals surface area contributed by atoms with Crippen LogP contribution >= 0.6 is 12.2 Å². The molecule has 0 bridgehead atoms. The number of carbonyl (C=O) groups is 1. The lowest BCUT2D eigenvalue weighted by molar-refractivity contribution is 0.0527. The molecule has 1 rings (SSSR count). The third-order valence-electron chi connectivity index (χ3n) is 1.38. The topological polar surface area (TPSA) is 54.5 Å². The second-order valence-electron chi connectivity index (χ2n) is 2.16. The van der Waals surface area contributed by atoms with E-state index in [1.54, 1.807) is 19.2 Å². The number of nitrogens with zero attached hydrogens (tertiary/aromatic N) is 1. The fourth-order valence-corrected chi connectivity index (χ4v) is 0.964. The molecular formula is C8H8N2O2S. The van der Waals surface area contributed by atoms with E-state index >= 15 is 0 Å². The number of esters is 1. The maximum atomic E-state index is 11.2. The number of aromatic amines is 1. The van der Waals surface area contributed by atoms with Crippen LogP contribution in [0.25, 0.3) is 0 Å². The Morgan fingerprint density at radius 3 is 3.23 bits per heavy atom. The first-order valence-electron chi connectivity index (χ1n) is 3.72. The minimum atomic E-state index is -0.409. The third-order valence-corrected chi connectivity index (χ3v) is 1.47. The Morgan fingerprint density at radius 2 is 2.62 bits per heavy atom. The molecule has 1 aromatic heterocycles. The zero-order valence-corrected chi connectivity index (χ0v) is 7.85. The van der Waals surface area contributed by atoms with Crippen LogP contribution in [0.4, 0.5) is 5.82 Å². The van der Waals surface area contributed by atoms with Gasteiger partial charge >= 0.3 is 5.97 Å². The molecule has 0 saturated carbocycles. The van der Waals surface area contributed by atoms with E-state index in [0.717, 1.165) is 0 Å². The zero-order valence-electron chi connectivity index (χ0n) is 7.03. The number of nitrogens with one attached hydrogen (secondary N) is 1. The highest BCUT2D eigenvalue weighted by atomic mass is 32.1. The van der Waals surface area contributed by atoms with Gasteiger partial charge in [0.1, 0.15) is 5.56 Å². The lowest BCUT2D eigenvalue weighted by Crippen LogP contribution is -2.03. The summed E-state index contributed by atoms with van der Waals surface area (Å²) in [6, 6.07) is 1.59. The van der Waals surface area contributed by atoms with E-state index in [1.807, 2.05) is 0 Å². The Bertz CT molecular complexity index is 353. The van der Waals surface area contributed by atoms with Crippen LogP contribution in [0.1, 0.15) is 17.3 Å². The van der Waals surface area contributed by atoms with Crippen LogP contribution in [-0.4, -0.2) is 22.7 Å². The van der Waals surface area contributed by atoms with Gasteiger partial charge < -0.3 is 9.72 Å². The summed E-state index contributed by atoms with van der Waals surface area (Å²) in [6.07, 6.45) is 1.60. The molecule has 0 spiro atoms. The number of hydrogen-bond donors (Lipinski definition) is 1. The molecule has 0 amide bonds. The standard InChI is InChI=1S/C8H8N2O2S/c1-2-12-8(11)6-3-4-9-7(6)10-5-13/h3-4,9H,2H2,1H3. The van der Waals surface area contributed by atoms with E-state index in [2.05, 4.69) is 27.4 Å². The van der Waals surface area contributed by atoms with Crippen LogP contribution in [0.15, 0.2) is 17.3 Å². The highest BCUT2D eigenvalue weighted by Crippen LogP contribution is 2.16. The summed E-state index contributed by atoms with van der Waals surface area (Å²) in [7, 11) is 0. The molecule has 0 atom stereocenters. The molecule has 68 valence electrons. The summed E-state index contributed by atoms with van der Waals surface area (Å²) in [5, 5.41) is 2.18. The normalized spacial score (nSPS) is 9.00. The summed E-state index contributed by atoms with van der Waals surface area (Å²) in [6.45, 7) is 2.08. The number of H-pyrrole nitrogens is 1. The monoisotopic (exact) mass is 196 g/mol. The van der Waals surface area contributed by atoms with Crippen molar-refractivity contribution in [2.24, 2.45) is 4.99 Å². The second-order valence-corrected chi connectivity index (χ2v) is 2.35. The van der Waals surface area contributed by atoms with Crippen molar-refractivity contribution in [3.63, 3.8) is 0 Å². The van der Waals surface area contributed by atoms with E-state index in [-0.39, 0.29) is 0 Å². The molecule has 0 saturated heterocycles. The van der Waals surface area contributed by atoms with Crippen molar-refractivity contribution >= 4 is 29.2 Å². The average molecular weight is 196 g/mol. The van der Waals surface area contributed by atoms with Gasteiger partial charge in [-0.3, -0.25) is 0 Å². The van der Waals surface area contributed by atoms with E-state index in [9.17, 15) is 4.79 Å². The average Bonchev–Trinajstić information content (AvgIpc) is 2.54. The maximum Gasteiger partial charge on any atom is 0.341 e. The third kappa shape index (κ3) is 2.24. The predicted octanol–water partition coefficient (Wildman–Crippen LogP) is 1.93. The fraction of sp³-hybridized carbons (Fsp3) is 0.250. The molecule has 0 unspecified atom stereocenters. The highest BCUT2D eigenvalue weighted by Gasteiger charge is 2.12. The van der Waals surface area contributed by atoms with Crippen molar-refractivity contribution in [1.29, 1.82) is 0 Å². The van der Waals surface area contributed by atoms with E-state index in [0.29, 0.717) is 18.0 Å². The molecule has 1 N–H and O–H groups in total. The number of aliphatic imine (C=N–C) groups is 1. The Balaban J connectivity index is 2.93. The molecule has 0 aliphatic rings. The van der Waals surface area contributed by atoms with Gasteiger partial charge in [0, 0.05) is 6.20 Å². The number of ether oxygens (including phenoxy) is 1.